The summed E-state index contributed by atoms with van der Waals surface area (Å²) in [6, 6.07) is 8.21. The molecule has 0 spiro atoms. The van der Waals surface area contributed by atoms with Crippen molar-refractivity contribution < 1.29 is 4.79 Å². The number of rotatable bonds is 4. The third kappa shape index (κ3) is 3.18. The van der Waals surface area contributed by atoms with Crippen LogP contribution in [0.15, 0.2) is 24.3 Å². The van der Waals surface area contributed by atoms with E-state index in [1.807, 2.05) is 18.4 Å². The molecule has 0 radical (unpaired) electrons. The van der Waals surface area contributed by atoms with Gasteiger partial charge in [-0.3, -0.25) is 4.79 Å². The first-order valence-electron chi connectivity index (χ1n) is 4.91. The molecule has 14 heavy (non-hydrogen) atoms. The summed E-state index contributed by atoms with van der Waals surface area (Å²) < 4.78 is 0. The predicted octanol–water partition coefficient (Wildman–Crippen LogP) is 3.07. The third-order valence-electron chi connectivity index (χ3n) is 2.20. The highest BCUT2D eigenvalue weighted by atomic mass is 32.2. The van der Waals surface area contributed by atoms with Crippen LogP contribution in [0, 0.1) is 0 Å². The molecule has 1 nitrogen and oxygen atoms in total. The molecule has 0 aliphatic carbocycles. The second-order valence-electron chi connectivity index (χ2n) is 3.27. The van der Waals surface area contributed by atoms with Crippen molar-refractivity contribution in [3.8, 4) is 0 Å². The molecule has 0 N–H and O–H groups in total. The van der Waals surface area contributed by atoms with Crippen LogP contribution in [0.1, 0.15) is 24.5 Å². The highest BCUT2D eigenvalue weighted by Gasteiger charge is 2.05. The average Bonchev–Trinajstić information content (AvgIpc) is 2.21. The van der Waals surface area contributed by atoms with Gasteiger partial charge < -0.3 is 0 Å². The highest BCUT2D eigenvalue weighted by Crippen LogP contribution is 2.14. The quantitative estimate of drug-likeness (QED) is 0.756. The number of benzene rings is 1. The van der Waals surface area contributed by atoms with Gasteiger partial charge in [0, 0.05) is 6.42 Å². The molecule has 1 aromatic carbocycles. The van der Waals surface area contributed by atoms with Gasteiger partial charge in [-0.15, -0.1) is 0 Å². The van der Waals surface area contributed by atoms with Crippen molar-refractivity contribution >= 4 is 16.9 Å². The van der Waals surface area contributed by atoms with Crippen LogP contribution in [0.4, 0.5) is 0 Å². The van der Waals surface area contributed by atoms with Crippen LogP contribution in [-0.4, -0.2) is 11.4 Å². The minimum atomic E-state index is 0.244. The summed E-state index contributed by atoms with van der Waals surface area (Å²) >= 11 is 1.31. The zero-order chi connectivity index (χ0) is 10.4. The first-order chi connectivity index (χ1) is 6.77. The zero-order valence-electron chi connectivity index (χ0n) is 8.75. The average molecular weight is 208 g/mol. The molecule has 76 valence electrons. The Bertz CT molecular complexity index is 307. The van der Waals surface area contributed by atoms with Crippen molar-refractivity contribution in [2.45, 2.75) is 26.2 Å². The minimum absolute atomic E-state index is 0.244. The number of carbonyl (C=O) groups is 1. The summed E-state index contributed by atoms with van der Waals surface area (Å²) in [6.45, 7) is 2.16. The maximum absolute atomic E-state index is 11.3. The lowest BCUT2D eigenvalue weighted by molar-refractivity contribution is -0.110. The number of hydrogen-bond acceptors (Lipinski definition) is 2. The number of carbonyl (C=O) groups excluding carboxylic acids is 1. The summed E-state index contributed by atoms with van der Waals surface area (Å²) in [5, 5.41) is 0.244. The molecule has 2 heteroatoms. The predicted molar refractivity (Wildman–Crippen MR) is 62.7 cm³/mol. The third-order valence-corrected chi connectivity index (χ3v) is 2.80. The van der Waals surface area contributed by atoms with E-state index in [1.165, 1.54) is 22.9 Å². The Morgan fingerprint density at radius 1 is 1.29 bits per heavy atom. The monoisotopic (exact) mass is 208 g/mol. The van der Waals surface area contributed by atoms with Crippen LogP contribution in [0.3, 0.4) is 0 Å². The number of thioether (sulfide) groups is 1. The Morgan fingerprint density at radius 2 is 1.93 bits per heavy atom. The summed E-state index contributed by atoms with van der Waals surface area (Å²) in [4.78, 5) is 11.3. The van der Waals surface area contributed by atoms with E-state index < -0.39 is 0 Å². The van der Waals surface area contributed by atoms with Gasteiger partial charge >= 0.3 is 0 Å². The molecule has 0 atom stereocenters. The van der Waals surface area contributed by atoms with Crippen LogP contribution >= 0.6 is 11.8 Å². The molecule has 0 unspecified atom stereocenters. The molecule has 0 heterocycles. The zero-order valence-corrected chi connectivity index (χ0v) is 9.56. The van der Waals surface area contributed by atoms with Crippen molar-refractivity contribution in [1.29, 1.82) is 0 Å². The Balaban J connectivity index is 2.78. The Kier molecular flexibility index (Phi) is 4.74. The molecule has 0 saturated heterocycles. The van der Waals surface area contributed by atoms with Crippen LogP contribution in [0.5, 0.6) is 0 Å². The second kappa shape index (κ2) is 5.86. The van der Waals surface area contributed by atoms with Crippen molar-refractivity contribution in [3.05, 3.63) is 35.4 Å². The molecule has 0 amide bonds. The van der Waals surface area contributed by atoms with Gasteiger partial charge in [-0.1, -0.05) is 49.4 Å². The molecule has 0 saturated carbocycles. The van der Waals surface area contributed by atoms with E-state index in [9.17, 15) is 4.79 Å². The molecule has 1 aromatic rings. The van der Waals surface area contributed by atoms with E-state index in [1.54, 1.807) is 0 Å². The smallest absolute Gasteiger partial charge is 0.193 e. The van der Waals surface area contributed by atoms with Gasteiger partial charge in [0.05, 0.1) is 0 Å². The van der Waals surface area contributed by atoms with Crippen molar-refractivity contribution in [2.75, 3.05) is 6.26 Å². The van der Waals surface area contributed by atoms with Crippen molar-refractivity contribution in [1.82, 2.24) is 0 Å². The molecule has 0 fully saturated rings. The topological polar surface area (TPSA) is 17.1 Å². The van der Waals surface area contributed by atoms with Gasteiger partial charge in [0.1, 0.15) is 0 Å². The first-order valence-corrected chi connectivity index (χ1v) is 6.14. The van der Waals surface area contributed by atoms with Crippen LogP contribution < -0.4 is 0 Å². The van der Waals surface area contributed by atoms with Crippen molar-refractivity contribution in [2.24, 2.45) is 0 Å². The van der Waals surface area contributed by atoms with E-state index >= 15 is 0 Å². The van der Waals surface area contributed by atoms with Gasteiger partial charge in [-0.25, -0.2) is 0 Å². The van der Waals surface area contributed by atoms with Crippen LogP contribution in [-0.2, 0) is 17.6 Å². The fourth-order valence-electron chi connectivity index (χ4n) is 1.47. The summed E-state index contributed by atoms with van der Waals surface area (Å²) in [5.74, 6) is 0. The highest BCUT2D eigenvalue weighted by molar-refractivity contribution is 8.13. The second-order valence-corrected chi connectivity index (χ2v) is 4.14. The van der Waals surface area contributed by atoms with E-state index in [2.05, 4.69) is 19.1 Å². The van der Waals surface area contributed by atoms with Crippen molar-refractivity contribution in [3.63, 3.8) is 0 Å². The van der Waals surface area contributed by atoms with E-state index in [4.69, 9.17) is 0 Å². The van der Waals surface area contributed by atoms with Gasteiger partial charge in [0.25, 0.3) is 0 Å². The molecule has 0 aromatic heterocycles. The van der Waals surface area contributed by atoms with E-state index in [-0.39, 0.29) is 5.12 Å². The van der Waals surface area contributed by atoms with Gasteiger partial charge in [-0.2, -0.15) is 0 Å². The lowest BCUT2D eigenvalue weighted by Gasteiger charge is -2.06. The standard InChI is InChI=1S/C12H16OS/c1-3-6-10-7-4-5-8-11(10)9-12(13)14-2/h4-5,7-8H,3,6,9H2,1-2H3. The molecular formula is C12H16OS. The fourth-order valence-corrected chi connectivity index (χ4v) is 1.77. The van der Waals surface area contributed by atoms with Crippen LogP contribution in [0.2, 0.25) is 0 Å². The first kappa shape index (κ1) is 11.3. The number of aryl methyl sites for hydroxylation is 1. The Hall–Kier alpha value is -0.760. The largest absolute Gasteiger partial charge is 0.287 e. The lowest BCUT2D eigenvalue weighted by Crippen LogP contribution is -2.00. The van der Waals surface area contributed by atoms with Gasteiger partial charge in [0.15, 0.2) is 5.12 Å². The summed E-state index contributed by atoms with van der Waals surface area (Å²) in [7, 11) is 0. The minimum Gasteiger partial charge on any atom is -0.287 e. The SMILES string of the molecule is CCCc1ccccc1CC(=O)SC. The maximum atomic E-state index is 11.3. The Labute approximate surface area is 89.9 Å². The van der Waals surface area contributed by atoms with E-state index in [0.717, 1.165) is 12.8 Å². The molecule has 1 rings (SSSR count). The molecular weight excluding hydrogens is 192 g/mol. The van der Waals surface area contributed by atoms with Crippen LogP contribution in [0.25, 0.3) is 0 Å². The summed E-state index contributed by atoms with van der Waals surface area (Å²) in [5.41, 5.74) is 2.51. The Morgan fingerprint density at radius 3 is 2.50 bits per heavy atom. The molecule has 0 aliphatic rings. The molecule has 0 bridgehead atoms. The lowest BCUT2D eigenvalue weighted by atomic mass is 10.0. The summed E-state index contributed by atoms with van der Waals surface area (Å²) in [6.07, 6.45) is 4.60. The normalized spacial score (nSPS) is 10.1. The molecule has 0 aliphatic heterocycles. The van der Waals surface area contributed by atoms with Gasteiger partial charge in [0.2, 0.25) is 0 Å². The number of hydrogen-bond donors (Lipinski definition) is 0. The van der Waals surface area contributed by atoms with Gasteiger partial charge in [-0.05, 0) is 23.8 Å². The van der Waals surface area contributed by atoms with E-state index in [0.29, 0.717) is 6.42 Å². The maximum Gasteiger partial charge on any atom is 0.193 e. The fraction of sp³-hybridized carbons (Fsp3) is 0.417.